The lowest BCUT2D eigenvalue weighted by molar-refractivity contribution is -0.121. The van der Waals surface area contributed by atoms with Crippen LogP contribution >= 0.6 is 11.6 Å². The lowest BCUT2D eigenvalue weighted by Gasteiger charge is -2.11. The van der Waals surface area contributed by atoms with Crippen LogP contribution in [-0.4, -0.2) is 45.0 Å². The van der Waals surface area contributed by atoms with E-state index in [1.165, 1.54) is 0 Å². The summed E-state index contributed by atoms with van der Waals surface area (Å²) in [6, 6.07) is 7.48. The van der Waals surface area contributed by atoms with E-state index in [1.54, 1.807) is 0 Å². The van der Waals surface area contributed by atoms with Gasteiger partial charge in [-0.3, -0.25) is 4.79 Å². The molecule has 2 rings (SSSR count). The zero-order valence-corrected chi connectivity index (χ0v) is 13.9. The summed E-state index contributed by atoms with van der Waals surface area (Å²) in [6.07, 6.45) is 1.73. The molecule has 0 saturated carbocycles. The maximum absolute atomic E-state index is 11.7. The summed E-state index contributed by atoms with van der Waals surface area (Å²) in [5.74, 6) is 0.147. The molecule has 1 atom stereocenters. The highest BCUT2D eigenvalue weighted by molar-refractivity contribution is 7.91. The molecule has 0 aromatic heterocycles. The molecule has 122 valence electrons. The minimum Gasteiger partial charge on any atom is -0.352 e. The molecule has 0 aliphatic carbocycles. The molecule has 1 saturated heterocycles. The Morgan fingerprint density at radius 3 is 2.82 bits per heavy atom. The van der Waals surface area contributed by atoms with Crippen LogP contribution in [-0.2, 0) is 21.1 Å². The van der Waals surface area contributed by atoms with Gasteiger partial charge in [-0.05, 0) is 37.1 Å². The first-order valence-corrected chi connectivity index (χ1v) is 9.59. The van der Waals surface area contributed by atoms with E-state index in [9.17, 15) is 13.2 Å². The molecule has 1 aliphatic rings. The summed E-state index contributed by atoms with van der Waals surface area (Å²) in [5, 5.41) is 6.70. The third-order valence-electron chi connectivity index (χ3n) is 3.61. The van der Waals surface area contributed by atoms with Gasteiger partial charge in [-0.15, -0.1) is 0 Å². The van der Waals surface area contributed by atoms with Gasteiger partial charge in [0.2, 0.25) is 5.91 Å². The van der Waals surface area contributed by atoms with Gasteiger partial charge in [-0.2, -0.15) is 0 Å². The molecule has 7 heteroatoms. The topological polar surface area (TPSA) is 75.3 Å². The summed E-state index contributed by atoms with van der Waals surface area (Å²) in [4.78, 5) is 11.7. The van der Waals surface area contributed by atoms with Crippen molar-refractivity contribution in [2.24, 2.45) is 0 Å². The fourth-order valence-electron chi connectivity index (χ4n) is 2.46. The smallest absolute Gasteiger partial charge is 0.221 e. The quantitative estimate of drug-likeness (QED) is 0.728. The summed E-state index contributed by atoms with van der Waals surface area (Å²) in [5.41, 5.74) is 1.15. The van der Waals surface area contributed by atoms with Crippen molar-refractivity contribution in [3.63, 3.8) is 0 Å². The van der Waals surface area contributed by atoms with Crippen LogP contribution in [0.5, 0.6) is 0 Å². The molecular weight excluding hydrogens is 324 g/mol. The van der Waals surface area contributed by atoms with Crippen LogP contribution in [0.3, 0.4) is 0 Å². The predicted octanol–water partition coefficient (Wildman–Crippen LogP) is 1.17. The first-order chi connectivity index (χ1) is 10.4. The number of halogens is 1. The molecule has 1 fully saturated rings. The van der Waals surface area contributed by atoms with Crippen LogP contribution in [0.4, 0.5) is 0 Å². The van der Waals surface area contributed by atoms with Crippen molar-refractivity contribution in [3.05, 3.63) is 34.9 Å². The minimum absolute atomic E-state index is 0.0704. The molecule has 1 amide bonds. The highest BCUT2D eigenvalue weighted by Gasteiger charge is 2.28. The molecule has 0 spiro atoms. The second-order valence-electron chi connectivity index (χ2n) is 5.55. The first-order valence-electron chi connectivity index (χ1n) is 7.39. The Hall–Kier alpha value is -1.11. The van der Waals surface area contributed by atoms with Gasteiger partial charge >= 0.3 is 0 Å². The Kier molecular flexibility index (Phi) is 6.23. The summed E-state index contributed by atoms with van der Waals surface area (Å²) in [6.45, 7) is 1.34. The number of rotatable bonds is 7. The molecule has 5 nitrogen and oxygen atoms in total. The van der Waals surface area contributed by atoms with Crippen LogP contribution in [0.1, 0.15) is 18.4 Å². The van der Waals surface area contributed by atoms with Crippen molar-refractivity contribution < 1.29 is 13.2 Å². The van der Waals surface area contributed by atoms with Crippen molar-refractivity contribution in [2.45, 2.75) is 25.3 Å². The van der Waals surface area contributed by atoms with E-state index in [-0.39, 0.29) is 23.5 Å². The highest BCUT2D eigenvalue weighted by Crippen LogP contribution is 2.11. The highest BCUT2D eigenvalue weighted by atomic mass is 35.5. The second kappa shape index (κ2) is 7.94. The zero-order valence-electron chi connectivity index (χ0n) is 12.3. The van der Waals surface area contributed by atoms with E-state index in [1.807, 2.05) is 24.3 Å². The van der Waals surface area contributed by atoms with Crippen molar-refractivity contribution in [2.75, 3.05) is 24.6 Å². The summed E-state index contributed by atoms with van der Waals surface area (Å²) < 4.78 is 22.6. The van der Waals surface area contributed by atoms with Crippen molar-refractivity contribution >= 4 is 27.3 Å². The monoisotopic (exact) mass is 344 g/mol. The number of amides is 1. The van der Waals surface area contributed by atoms with E-state index >= 15 is 0 Å². The molecule has 1 aromatic rings. The minimum atomic E-state index is -2.95. The number of nitrogens with one attached hydrogen (secondary N) is 2. The van der Waals surface area contributed by atoms with Gasteiger partial charge in [0, 0.05) is 24.0 Å². The SMILES string of the molecule is O=C(CCNCCc1cccc(Cl)c1)NC1CCS(=O)(=O)C1. The Labute approximate surface area is 136 Å². The van der Waals surface area contributed by atoms with E-state index in [4.69, 9.17) is 11.6 Å². The molecule has 1 aromatic carbocycles. The second-order valence-corrected chi connectivity index (χ2v) is 8.21. The van der Waals surface area contributed by atoms with Gasteiger partial charge in [-0.1, -0.05) is 23.7 Å². The summed E-state index contributed by atoms with van der Waals surface area (Å²) >= 11 is 5.91. The lowest BCUT2D eigenvalue weighted by atomic mass is 10.1. The standard InChI is InChI=1S/C15H21ClN2O3S/c16-13-3-1-2-12(10-13)4-7-17-8-5-15(19)18-14-6-9-22(20,21)11-14/h1-3,10,14,17H,4-9,11H2,(H,18,19). The number of benzene rings is 1. The zero-order chi connectivity index (χ0) is 16.0. The molecular formula is C15H21ClN2O3S. The average Bonchev–Trinajstić information content (AvgIpc) is 2.77. The van der Waals surface area contributed by atoms with Crippen LogP contribution in [0.2, 0.25) is 5.02 Å². The average molecular weight is 345 g/mol. The van der Waals surface area contributed by atoms with E-state index < -0.39 is 9.84 Å². The third kappa shape index (κ3) is 5.94. The van der Waals surface area contributed by atoms with E-state index in [2.05, 4.69) is 10.6 Å². The third-order valence-corrected chi connectivity index (χ3v) is 5.61. The van der Waals surface area contributed by atoms with Gasteiger partial charge in [0.1, 0.15) is 0 Å². The molecule has 0 radical (unpaired) electrons. The van der Waals surface area contributed by atoms with Crippen LogP contribution < -0.4 is 10.6 Å². The number of hydrogen-bond donors (Lipinski definition) is 2. The molecule has 22 heavy (non-hydrogen) atoms. The van der Waals surface area contributed by atoms with E-state index in [0.29, 0.717) is 19.4 Å². The van der Waals surface area contributed by atoms with Crippen molar-refractivity contribution in [1.29, 1.82) is 0 Å². The fraction of sp³-hybridized carbons (Fsp3) is 0.533. The molecule has 1 unspecified atom stereocenters. The Bertz CT molecular complexity index is 619. The van der Waals surface area contributed by atoms with E-state index in [0.717, 1.165) is 23.6 Å². The number of carbonyl (C=O) groups excluding carboxylic acids is 1. The van der Waals surface area contributed by atoms with Crippen LogP contribution in [0.15, 0.2) is 24.3 Å². The molecule has 0 bridgehead atoms. The Morgan fingerprint density at radius 1 is 1.32 bits per heavy atom. The lowest BCUT2D eigenvalue weighted by Crippen LogP contribution is -2.37. The van der Waals surface area contributed by atoms with Gasteiger partial charge in [-0.25, -0.2) is 8.42 Å². The molecule has 2 N–H and O–H groups in total. The van der Waals surface area contributed by atoms with Gasteiger partial charge in [0.15, 0.2) is 9.84 Å². The first kappa shape index (κ1) is 17.2. The van der Waals surface area contributed by atoms with Crippen molar-refractivity contribution in [1.82, 2.24) is 10.6 Å². The van der Waals surface area contributed by atoms with Gasteiger partial charge in [0.25, 0.3) is 0 Å². The predicted molar refractivity (Wildman–Crippen MR) is 87.8 cm³/mol. The van der Waals surface area contributed by atoms with Gasteiger partial charge in [0.05, 0.1) is 11.5 Å². The van der Waals surface area contributed by atoms with Crippen LogP contribution in [0, 0.1) is 0 Å². The fourth-order valence-corrected chi connectivity index (χ4v) is 4.35. The molecule has 1 heterocycles. The normalized spacial score (nSPS) is 20.0. The number of sulfone groups is 1. The number of carbonyl (C=O) groups is 1. The Balaban J connectivity index is 1.58. The Morgan fingerprint density at radius 2 is 2.14 bits per heavy atom. The molecule has 1 aliphatic heterocycles. The van der Waals surface area contributed by atoms with Crippen LogP contribution in [0.25, 0.3) is 0 Å². The van der Waals surface area contributed by atoms with Gasteiger partial charge < -0.3 is 10.6 Å². The number of hydrogen-bond acceptors (Lipinski definition) is 4. The maximum Gasteiger partial charge on any atom is 0.221 e. The maximum atomic E-state index is 11.7. The van der Waals surface area contributed by atoms with Crippen molar-refractivity contribution in [3.8, 4) is 0 Å². The summed E-state index contributed by atoms with van der Waals surface area (Å²) in [7, 11) is -2.95. The largest absolute Gasteiger partial charge is 0.352 e.